The Labute approximate surface area is 125 Å². The van der Waals surface area contributed by atoms with Crippen molar-refractivity contribution in [3.05, 3.63) is 47.0 Å². The summed E-state index contributed by atoms with van der Waals surface area (Å²) in [5.74, 6) is -0.819. The van der Waals surface area contributed by atoms with Crippen LogP contribution >= 0.6 is 0 Å². The predicted octanol–water partition coefficient (Wildman–Crippen LogP) is -0.0941. The van der Waals surface area contributed by atoms with Gasteiger partial charge in [0.15, 0.2) is 0 Å². The number of carbonyl (C=O) groups is 2. The van der Waals surface area contributed by atoms with Crippen LogP contribution in [0.3, 0.4) is 0 Å². The molecule has 1 aromatic carbocycles. The smallest absolute Gasteiger partial charge is 0.242 e. The predicted molar refractivity (Wildman–Crippen MR) is 73.8 cm³/mol. The molecule has 1 aliphatic rings. The average molecular weight is 303 g/mol. The van der Waals surface area contributed by atoms with Gasteiger partial charge >= 0.3 is 0 Å². The summed E-state index contributed by atoms with van der Waals surface area (Å²) in [7, 11) is 0. The molecule has 22 heavy (non-hydrogen) atoms. The molecule has 0 atom stereocenters. The van der Waals surface area contributed by atoms with Crippen molar-refractivity contribution in [1.29, 1.82) is 0 Å². The van der Waals surface area contributed by atoms with Crippen LogP contribution in [0.1, 0.15) is 17.0 Å². The molecule has 2 amide bonds. The molecule has 3 rings (SSSR count). The highest BCUT2D eigenvalue weighted by atomic mass is 19.1. The summed E-state index contributed by atoms with van der Waals surface area (Å²) in [6.07, 6.45) is -0.0348. The third-order valence-corrected chi connectivity index (χ3v) is 3.43. The second kappa shape index (κ2) is 5.92. The van der Waals surface area contributed by atoms with Crippen LogP contribution in [0.15, 0.2) is 24.3 Å². The number of hydrogen-bond acceptors (Lipinski definition) is 4. The molecule has 114 valence electrons. The van der Waals surface area contributed by atoms with Gasteiger partial charge in [-0.1, -0.05) is 23.4 Å². The lowest BCUT2D eigenvalue weighted by Gasteiger charge is -2.14. The second-order valence-electron chi connectivity index (χ2n) is 4.96. The summed E-state index contributed by atoms with van der Waals surface area (Å²) in [6.45, 7) is 0.661. The monoisotopic (exact) mass is 303 g/mol. The van der Waals surface area contributed by atoms with Crippen LogP contribution in [0.5, 0.6) is 0 Å². The van der Waals surface area contributed by atoms with Gasteiger partial charge in [0.05, 0.1) is 25.2 Å². The minimum atomic E-state index is -0.401. The Bertz CT molecular complexity index is 728. The number of amides is 2. The van der Waals surface area contributed by atoms with Crippen molar-refractivity contribution in [2.45, 2.75) is 26.1 Å². The lowest BCUT2D eigenvalue weighted by atomic mass is 10.1. The molecule has 0 unspecified atom stereocenters. The maximum absolute atomic E-state index is 13.5. The Morgan fingerprint density at radius 3 is 3.05 bits per heavy atom. The van der Waals surface area contributed by atoms with Gasteiger partial charge in [-0.05, 0) is 11.6 Å². The Morgan fingerprint density at radius 2 is 2.23 bits per heavy atom. The fraction of sp³-hybridized carbons (Fsp3) is 0.286. The van der Waals surface area contributed by atoms with E-state index in [9.17, 15) is 14.0 Å². The molecule has 2 N–H and O–H groups in total. The van der Waals surface area contributed by atoms with Crippen molar-refractivity contribution >= 4 is 11.8 Å². The number of hydrogen-bond donors (Lipinski definition) is 2. The van der Waals surface area contributed by atoms with E-state index in [0.717, 1.165) is 5.69 Å². The van der Waals surface area contributed by atoms with Crippen LogP contribution in [-0.4, -0.2) is 26.8 Å². The number of benzene rings is 1. The molecule has 0 saturated heterocycles. The van der Waals surface area contributed by atoms with E-state index >= 15 is 0 Å². The first-order valence-corrected chi connectivity index (χ1v) is 6.81. The molecule has 0 fully saturated rings. The van der Waals surface area contributed by atoms with Crippen LogP contribution < -0.4 is 10.6 Å². The van der Waals surface area contributed by atoms with Crippen LogP contribution in [0.4, 0.5) is 4.39 Å². The van der Waals surface area contributed by atoms with Gasteiger partial charge in [-0.3, -0.25) is 9.59 Å². The number of fused-ring (bicyclic) bond motifs is 1. The zero-order valence-electron chi connectivity index (χ0n) is 11.7. The summed E-state index contributed by atoms with van der Waals surface area (Å²) in [6, 6.07) is 6.16. The van der Waals surface area contributed by atoms with Gasteiger partial charge in [-0.15, -0.1) is 5.10 Å². The fourth-order valence-corrected chi connectivity index (χ4v) is 2.26. The van der Waals surface area contributed by atoms with Crippen LogP contribution in [-0.2, 0) is 35.6 Å². The maximum Gasteiger partial charge on any atom is 0.242 e. The summed E-state index contributed by atoms with van der Waals surface area (Å²) in [4.78, 5) is 23.1. The highest BCUT2D eigenvalue weighted by Crippen LogP contribution is 2.10. The first-order chi connectivity index (χ1) is 10.6. The van der Waals surface area contributed by atoms with Crippen molar-refractivity contribution in [2.24, 2.45) is 0 Å². The number of rotatable bonds is 4. The van der Waals surface area contributed by atoms with E-state index in [2.05, 4.69) is 20.9 Å². The summed E-state index contributed by atoms with van der Waals surface area (Å²) < 4.78 is 15.0. The Balaban J connectivity index is 1.60. The fourth-order valence-electron chi connectivity index (χ4n) is 2.26. The van der Waals surface area contributed by atoms with Crippen molar-refractivity contribution in [3.8, 4) is 0 Å². The average Bonchev–Trinajstić information content (AvgIpc) is 2.89. The third-order valence-electron chi connectivity index (χ3n) is 3.43. The van der Waals surface area contributed by atoms with E-state index in [4.69, 9.17) is 0 Å². The van der Waals surface area contributed by atoms with E-state index in [1.807, 2.05) is 0 Å². The van der Waals surface area contributed by atoms with Gasteiger partial charge in [0.2, 0.25) is 11.8 Å². The van der Waals surface area contributed by atoms with Crippen molar-refractivity contribution in [1.82, 2.24) is 25.6 Å². The normalized spacial score (nSPS) is 13.4. The Hall–Kier alpha value is -2.77. The van der Waals surface area contributed by atoms with Gasteiger partial charge < -0.3 is 10.6 Å². The maximum atomic E-state index is 13.5. The van der Waals surface area contributed by atoms with Gasteiger partial charge in [0.1, 0.15) is 18.1 Å². The Morgan fingerprint density at radius 1 is 1.41 bits per heavy atom. The van der Waals surface area contributed by atoms with Gasteiger partial charge in [0, 0.05) is 0 Å². The zero-order chi connectivity index (χ0) is 15.5. The van der Waals surface area contributed by atoms with Crippen LogP contribution in [0.25, 0.3) is 0 Å². The van der Waals surface area contributed by atoms with Gasteiger partial charge in [-0.2, -0.15) is 0 Å². The SMILES string of the molecule is O=C(Cc1ccccc1F)NCc1nnn2c1CNC(=O)C2. The van der Waals surface area contributed by atoms with E-state index in [-0.39, 0.29) is 31.3 Å². The first-order valence-electron chi connectivity index (χ1n) is 6.81. The second-order valence-corrected chi connectivity index (χ2v) is 4.96. The molecular formula is C14H14FN5O2. The minimum Gasteiger partial charge on any atom is -0.350 e. The summed E-state index contributed by atoms with van der Waals surface area (Å²) >= 11 is 0. The van der Waals surface area contributed by atoms with E-state index in [1.54, 1.807) is 18.2 Å². The molecule has 2 heterocycles. The number of nitrogens with zero attached hydrogens (tertiary/aromatic N) is 3. The number of aromatic nitrogens is 3. The lowest BCUT2D eigenvalue weighted by Crippen LogP contribution is -2.35. The number of carbonyl (C=O) groups excluding carboxylic acids is 2. The highest BCUT2D eigenvalue weighted by molar-refractivity contribution is 5.78. The van der Waals surface area contributed by atoms with Crippen molar-refractivity contribution in [3.63, 3.8) is 0 Å². The molecule has 7 nitrogen and oxygen atoms in total. The van der Waals surface area contributed by atoms with E-state index < -0.39 is 5.82 Å². The quantitative estimate of drug-likeness (QED) is 0.826. The number of halogens is 1. The molecule has 0 radical (unpaired) electrons. The van der Waals surface area contributed by atoms with E-state index in [0.29, 0.717) is 17.8 Å². The lowest BCUT2D eigenvalue weighted by molar-refractivity contribution is -0.123. The number of nitrogens with one attached hydrogen (secondary N) is 2. The van der Waals surface area contributed by atoms with Crippen molar-refractivity contribution in [2.75, 3.05) is 0 Å². The van der Waals surface area contributed by atoms with Crippen LogP contribution in [0.2, 0.25) is 0 Å². The first kappa shape index (κ1) is 14.2. The van der Waals surface area contributed by atoms with Gasteiger partial charge in [0.25, 0.3) is 0 Å². The molecule has 0 spiro atoms. The molecule has 1 aromatic heterocycles. The van der Waals surface area contributed by atoms with Gasteiger partial charge in [-0.25, -0.2) is 9.07 Å². The zero-order valence-corrected chi connectivity index (χ0v) is 11.7. The molecular weight excluding hydrogens is 289 g/mol. The molecule has 1 aliphatic heterocycles. The highest BCUT2D eigenvalue weighted by Gasteiger charge is 2.20. The van der Waals surface area contributed by atoms with Crippen LogP contribution in [0, 0.1) is 5.82 Å². The standard InChI is InChI=1S/C14H14FN5O2/c15-10-4-2-1-3-9(10)5-13(21)16-6-11-12-7-17-14(22)8-20(12)19-18-11/h1-4H,5-8H2,(H,16,21)(H,17,22). The molecule has 0 saturated carbocycles. The minimum absolute atomic E-state index is 0.0348. The molecule has 0 aliphatic carbocycles. The molecule has 0 bridgehead atoms. The topological polar surface area (TPSA) is 88.9 Å². The third kappa shape index (κ3) is 2.95. The molecule has 8 heteroatoms. The molecule has 2 aromatic rings. The largest absolute Gasteiger partial charge is 0.350 e. The van der Waals surface area contributed by atoms with E-state index in [1.165, 1.54) is 10.7 Å². The Kier molecular flexibility index (Phi) is 3.82. The summed E-state index contributed by atoms with van der Waals surface area (Å²) in [5.41, 5.74) is 1.71. The van der Waals surface area contributed by atoms with Crippen molar-refractivity contribution < 1.29 is 14.0 Å². The summed E-state index contributed by atoms with van der Waals surface area (Å²) in [5, 5.41) is 13.2.